The van der Waals surface area contributed by atoms with Gasteiger partial charge in [0.25, 0.3) is 0 Å². The van der Waals surface area contributed by atoms with E-state index in [-0.39, 0.29) is 0 Å². The van der Waals surface area contributed by atoms with Gasteiger partial charge >= 0.3 is 0 Å². The van der Waals surface area contributed by atoms with Crippen LogP contribution in [0.15, 0.2) is 65.2 Å². The molecule has 0 atom stereocenters. The molecule has 1 fully saturated rings. The summed E-state index contributed by atoms with van der Waals surface area (Å²) in [6.45, 7) is 3.29. The van der Waals surface area contributed by atoms with Crippen LogP contribution in [0.1, 0.15) is 0 Å². The van der Waals surface area contributed by atoms with E-state index in [1.54, 1.807) is 6.20 Å². The maximum Gasteiger partial charge on any atom is 0.227 e. The van der Waals surface area contributed by atoms with Gasteiger partial charge in [-0.25, -0.2) is 9.97 Å². The van der Waals surface area contributed by atoms with Crippen molar-refractivity contribution in [2.75, 3.05) is 31.2 Å². The van der Waals surface area contributed by atoms with Crippen LogP contribution in [-0.4, -0.2) is 46.2 Å². The van der Waals surface area contributed by atoms with E-state index in [1.807, 2.05) is 42.5 Å². The SMILES string of the molecule is c1ccc(-c2nc3ccc(-c4nc5ccc(N6CCOCC6)cc5o4)cc3[nH]2)nc1. The number of benzene rings is 2. The highest BCUT2D eigenvalue weighted by Gasteiger charge is 2.15. The number of aromatic nitrogens is 4. The fourth-order valence-electron chi connectivity index (χ4n) is 3.82. The smallest absolute Gasteiger partial charge is 0.227 e. The van der Waals surface area contributed by atoms with Crippen molar-refractivity contribution in [2.45, 2.75) is 0 Å². The molecule has 30 heavy (non-hydrogen) atoms. The summed E-state index contributed by atoms with van der Waals surface area (Å²) < 4.78 is 11.6. The fraction of sp³-hybridized carbons (Fsp3) is 0.174. The summed E-state index contributed by atoms with van der Waals surface area (Å²) in [6, 6.07) is 17.9. The number of morpholine rings is 1. The lowest BCUT2D eigenvalue weighted by molar-refractivity contribution is 0.122. The molecule has 1 aliphatic heterocycles. The molecule has 1 saturated heterocycles. The molecular formula is C23H19N5O2. The molecule has 7 heteroatoms. The first-order valence-corrected chi connectivity index (χ1v) is 9.98. The van der Waals surface area contributed by atoms with Crippen LogP contribution in [0.3, 0.4) is 0 Å². The Morgan fingerprint density at radius 2 is 1.80 bits per heavy atom. The molecule has 3 aromatic heterocycles. The molecule has 1 N–H and O–H groups in total. The van der Waals surface area contributed by atoms with Gasteiger partial charge in [0.1, 0.15) is 11.2 Å². The average Bonchev–Trinajstić information content (AvgIpc) is 3.43. The van der Waals surface area contributed by atoms with E-state index < -0.39 is 0 Å². The van der Waals surface area contributed by atoms with E-state index in [9.17, 15) is 0 Å². The maximum atomic E-state index is 6.11. The molecule has 0 saturated carbocycles. The van der Waals surface area contributed by atoms with Crippen molar-refractivity contribution in [3.8, 4) is 23.0 Å². The summed E-state index contributed by atoms with van der Waals surface area (Å²) in [4.78, 5) is 19.3. The van der Waals surface area contributed by atoms with Gasteiger partial charge in [0.15, 0.2) is 11.4 Å². The fourth-order valence-corrected chi connectivity index (χ4v) is 3.82. The van der Waals surface area contributed by atoms with E-state index in [2.05, 4.69) is 37.0 Å². The molecule has 0 spiro atoms. The minimum Gasteiger partial charge on any atom is -0.436 e. The number of fused-ring (bicyclic) bond motifs is 2. The van der Waals surface area contributed by atoms with Crippen LogP contribution in [0.4, 0.5) is 5.69 Å². The maximum absolute atomic E-state index is 6.11. The molecular weight excluding hydrogens is 378 g/mol. The zero-order valence-electron chi connectivity index (χ0n) is 16.2. The van der Waals surface area contributed by atoms with E-state index in [4.69, 9.17) is 9.15 Å². The van der Waals surface area contributed by atoms with E-state index >= 15 is 0 Å². The Morgan fingerprint density at radius 3 is 2.67 bits per heavy atom. The Labute approximate surface area is 172 Å². The number of oxazole rings is 1. The quantitative estimate of drug-likeness (QED) is 0.490. The van der Waals surface area contributed by atoms with Crippen LogP contribution in [0.2, 0.25) is 0 Å². The van der Waals surface area contributed by atoms with Crippen LogP contribution >= 0.6 is 0 Å². The largest absolute Gasteiger partial charge is 0.436 e. The van der Waals surface area contributed by atoms with Crippen LogP contribution in [0, 0.1) is 0 Å². The summed E-state index contributed by atoms with van der Waals surface area (Å²) >= 11 is 0. The lowest BCUT2D eigenvalue weighted by Crippen LogP contribution is -2.36. The monoisotopic (exact) mass is 397 g/mol. The normalized spacial score (nSPS) is 14.6. The summed E-state index contributed by atoms with van der Waals surface area (Å²) in [5.41, 5.74) is 6.29. The zero-order chi connectivity index (χ0) is 19.9. The Bertz CT molecular complexity index is 1340. The standard InChI is InChI=1S/C23H19N5O2/c1-2-8-24-19(3-1)22-25-17-6-4-15(13-20(17)26-22)23-27-18-7-5-16(14-21(18)30-23)28-9-11-29-12-10-28/h1-8,13-14H,9-12H2,(H,25,26). The number of imidazole rings is 1. The number of rotatable bonds is 3. The molecule has 6 rings (SSSR count). The molecule has 4 heterocycles. The number of anilines is 1. The second-order valence-corrected chi connectivity index (χ2v) is 7.30. The van der Waals surface area contributed by atoms with Crippen molar-refractivity contribution >= 4 is 27.8 Å². The van der Waals surface area contributed by atoms with Gasteiger partial charge < -0.3 is 19.0 Å². The number of pyridine rings is 1. The number of ether oxygens (including phenoxy) is 1. The first kappa shape index (κ1) is 17.2. The van der Waals surface area contributed by atoms with E-state index in [0.29, 0.717) is 5.89 Å². The third-order valence-corrected chi connectivity index (χ3v) is 5.38. The molecule has 0 amide bonds. The van der Waals surface area contributed by atoms with Crippen molar-refractivity contribution in [1.29, 1.82) is 0 Å². The predicted molar refractivity (Wildman–Crippen MR) is 115 cm³/mol. The predicted octanol–water partition coefficient (Wildman–Crippen LogP) is 4.27. The highest BCUT2D eigenvalue weighted by atomic mass is 16.5. The first-order chi connectivity index (χ1) is 14.8. The van der Waals surface area contributed by atoms with E-state index in [1.165, 1.54) is 0 Å². The molecule has 1 aliphatic rings. The number of nitrogens with one attached hydrogen (secondary N) is 1. The van der Waals surface area contributed by atoms with Gasteiger partial charge in [-0.3, -0.25) is 4.98 Å². The van der Waals surface area contributed by atoms with Gasteiger partial charge in [-0.1, -0.05) is 6.07 Å². The van der Waals surface area contributed by atoms with Gasteiger partial charge in [0.05, 0.1) is 24.2 Å². The minimum absolute atomic E-state index is 0.597. The summed E-state index contributed by atoms with van der Waals surface area (Å²) in [5, 5.41) is 0. The number of hydrogen-bond donors (Lipinski definition) is 1. The Hall–Kier alpha value is -3.71. The number of nitrogens with zero attached hydrogens (tertiary/aromatic N) is 4. The van der Waals surface area contributed by atoms with Crippen LogP contribution in [-0.2, 0) is 4.74 Å². The first-order valence-electron chi connectivity index (χ1n) is 9.98. The van der Waals surface area contributed by atoms with Crippen LogP contribution in [0.25, 0.3) is 45.1 Å². The molecule has 0 radical (unpaired) electrons. The topological polar surface area (TPSA) is 80.1 Å². The van der Waals surface area contributed by atoms with Gasteiger partial charge in [-0.2, -0.15) is 0 Å². The van der Waals surface area contributed by atoms with Crippen molar-refractivity contribution in [2.24, 2.45) is 0 Å². The van der Waals surface area contributed by atoms with Gasteiger partial charge in [-0.15, -0.1) is 0 Å². The molecule has 2 aromatic carbocycles. The number of H-pyrrole nitrogens is 1. The third-order valence-electron chi connectivity index (χ3n) is 5.38. The Balaban J connectivity index is 1.36. The van der Waals surface area contributed by atoms with E-state index in [0.717, 1.165) is 71.2 Å². The van der Waals surface area contributed by atoms with Crippen LogP contribution < -0.4 is 4.90 Å². The lowest BCUT2D eigenvalue weighted by atomic mass is 10.2. The highest BCUT2D eigenvalue weighted by Crippen LogP contribution is 2.30. The number of hydrogen-bond acceptors (Lipinski definition) is 6. The Kier molecular flexibility index (Phi) is 3.99. The average molecular weight is 397 g/mol. The zero-order valence-corrected chi connectivity index (χ0v) is 16.2. The second-order valence-electron chi connectivity index (χ2n) is 7.30. The molecule has 7 nitrogen and oxygen atoms in total. The van der Waals surface area contributed by atoms with Crippen molar-refractivity contribution in [3.63, 3.8) is 0 Å². The minimum atomic E-state index is 0.597. The summed E-state index contributed by atoms with van der Waals surface area (Å²) in [7, 11) is 0. The lowest BCUT2D eigenvalue weighted by Gasteiger charge is -2.28. The van der Waals surface area contributed by atoms with Crippen molar-refractivity contribution in [1.82, 2.24) is 19.9 Å². The Morgan fingerprint density at radius 1 is 0.900 bits per heavy atom. The summed E-state index contributed by atoms with van der Waals surface area (Å²) in [5.74, 6) is 1.34. The highest BCUT2D eigenvalue weighted by molar-refractivity contribution is 5.85. The van der Waals surface area contributed by atoms with Crippen molar-refractivity contribution in [3.05, 3.63) is 60.8 Å². The van der Waals surface area contributed by atoms with Gasteiger partial charge in [-0.05, 0) is 42.5 Å². The second kappa shape index (κ2) is 6.96. The molecule has 5 aromatic rings. The van der Waals surface area contributed by atoms with Gasteiger partial charge in [0, 0.05) is 36.6 Å². The molecule has 148 valence electrons. The summed E-state index contributed by atoms with van der Waals surface area (Å²) in [6.07, 6.45) is 1.76. The molecule has 0 aliphatic carbocycles. The van der Waals surface area contributed by atoms with Crippen LogP contribution in [0.5, 0.6) is 0 Å². The molecule has 0 unspecified atom stereocenters. The van der Waals surface area contributed by atoms with Gasteiger partial charge in [0.2, 0.25) is 5.89 Å². The number of aromatic amines is 1. The third kappa shape index (κ3) is 3.00. The molecule has 0 bridgehead atoms. The van der Waals surface area contributed by atoms with Crippen molar-refractivity contribution < 1.29 is 9.15 Å².